The summed E-state index contributed by atoms with van der Waals surface area (Å²) in [6.45, 7) is 4.30. The second kappa shape index (κ2) is 13.2. The van der Waals surface area contributed by atoms with Crippen LogP contribution in [0.1, 0.15) is 16.7 Å². The molecular weight excluding hydrogens is 647 g/mol. The Morgan fingerprint density at radius 1 is 0.434 bits per heavy atom. The van der Waals surface area contributed by atoms with Crippen molar-refractivity contribution in [2.75, 3.05) is 0 Å². The van der Waals surface area contributed by atoms with Gasteiger partial charge in [-0.2, -0.15) is 5.26 Å². The lowest BCUT2D eigenvalue weighted by molar-refractivity contribution is 1.06. The van der Waals surface area contributed by atoms with E-state index in [0.29, 0.717) is 23.0 Å². The van der Waals surface area contributed by atoms with Gasteiger partial charge in [0.25, 0.3) is 0 Å². The summed E-state index contributed by atoms with van der Waals surface area (Å²) in [5.41, 5.74) is 13.2. The van der Waals surface area contributed by atoms with Crippen molar-refractivity contribution in [1.82, 2.24) is 19.5 Å². The average molecular weight is 680 g/mol. The Labute approximate surface area is 308 Å². The minimum Gasteiger partial charge on any atom is -0.308 e. The minimum atomic E-state index is 0.572. The van der Waals surface area contributed by atoms with Gasteiger partial charge in [-0.05, 0) is 78.6 Å². The van der Waals surface area contributed by atoms with Crippen LogP contribution in [0, 0.1) is 25.2 Å². The average Bonchev–Trinajstić information content (AvgIpc) is 3.54. The Kier molecular flexibility index (Phi) is 7.91. The van der Waals surface area contributed by atoms with Gasteiger partial charge in [0.15, 0.2) is 17.5 Å². The number of rotatable bonds is 6. The molecule has 0 saturated heterocycles. The van der Waals surface area contributed by atoms with Gasteiger partial charge in [-0.25, -0.2) is 15.0 Å². The summed E-state index contributed by atoms with van der Waals surface area (Å²) in [5, 5.41) is 12.1. The predicted molar refractivity (Wildman–Crippen MR) is 216 cm³/mol. The van der Waals surface area contributed by atoms with E-state index in [1.54, 1.807) is 0 Å². The molecule has 0 spiro atoms. The van der Waals surface area contributed by atoms with Gasteiger partial charge in [0.2, 0.25) is 0 Å². The monoisotopic (exact) mass is 679 g/mol. The molecule has 9 rings (SSSR count). The summed E-state index contributed by atoms with van der Waals surface area (Å²) < 4.78 is 2.33. The Morgan fingerprint density at radius 2 is 1.00 bits per heavy atom. The highest BCUT2D eigenvalue weighted by Gasteiger charge is 2.21. The minimum absolute atomic E-state index is 0.572. The fourth-order valence-electron chi connectivity index (χ4n) is 7.34. The number of aryl methyl sites for hydroxylation is 2. The molecule has 5 nitrogen and oxygen atoms in total. The van der Waals surface area contributed by atoms with Crippen LogP contribution in [0.15, 0.2) is 164 Å². The van der Waals surface area contributed by atoms with Crippen LogP contribution >= 0.6 is 0 Å². The zero-order chi connectivity index (χ0) is 35.9. The zero-order valence-electron chi connectivity index (χ0n) is 29.3. The quantitative estimate of drug-likeness (QED) is 0.175. The first kappa shape index (κ1) is 31.8. The van der Waals surface area contributed by atoms with Crippen molar-refractivity contribution in [3.05, 3.63) is 180 Å². The topological polar surface area (TPSA) is 67.4 Å². The molecule has 0 aliphatic heterocycles. The normalized spacial score (nSPS) is 11.2. The van der Waals surface area contributed by atoms with Crippen molar-refractivity contribution in [3.63, 3.8) is 0 Å². The standard InChI is InChI=1S/C48H33N5/c1-31-24-32(2)26-39(25-31)37-21-23-44-42(28-37)40-18-9-10-19-43(40)53(44)45-29-38(36-17-11-12-33(27-36)30-49)20-22-41(45)48-51-46(34-13-5-3-6-14-34)50-47(52-48)35-15-7-4-8-16-35/h3-29H,1-2H3. The van der Waals surface area contributed by atoms with Gasteiger partial charge in [-0.1, -0.05) is 132 Å². The van der Waals surface area contributed by atoms with Crippen LogP contribution in [0.2, 0.25) is 0 Å². The fraction of sp³-hybridized carbons (Fsp3) is 0.0417. The van der Waals surface area contributed by atoms with Crippen LogP contribution in [-0.4, -0.2) is 19.5 Å². The molecule has 0 aliphatic rings. The van der Waals surface area contributed by atoms with Crippen LogP contribution in [0.3, 0.4) is 0 Å². The van der Waals surface area contributed by atoms with E-state index in [9.17, 15) is 5.26 Å². The summed E-state index contributed by atoms with van der Waals surface area (Å²) in [6, 6.07) is 58.6. The molecule has 0 N–H and O–H groups in total. The van der Waals surface area contributed by atoms with E-state index in [0.717, 1.165) is 55.3 Å². The number of benzene rings is 7. The van der Waals surface area contributed by atoms with E-state index in [-0.39, 0.29) is 0 Å². The van der Waals surface area contributed by atoms with Crippen LogP contribution < -0.4 is 0 Å². The fourth-order valence-corrected chi connectivity index (χ4v) is 7.34. The molecule has 250 valence electrons. The molecule has 2 aromatic heterocycles. The number of nitriles is 1. The third-order valence-electron chi connectivity index (χ3n) is 9.73. The van der Waals surface area contributed by atoms with Gasteiger partial charge in [0, 0.05) is 27.5 Å². The van der Waals surface area contributed by atoms with Crippen LogP contribution in [-0.2, 0) is 0 Å². The smallest absolute Gasteiger partial charge is 0.166 e. The van der Waals surface area contributed by atoms with E-state index in [2.05, 4.69) is 103 Å². The maximum absolute atomic E-state index is 9.74. The van der Waals surface area contributed by atoms with Crippen LogP contribution in [0.25, 0.3) is 83.9 Å². The molecular formula is C48H33N5. The lowest BCUT2D eigenvalue weighted by atomic mass is 9.99. The molecule has 0 atom stereocenters. The van der Waals surface area contributed by atoms with E-state index in [1.807, 2.05) is 84.9 Å². The highest BCUT2D eigenvalue weighted by atomic mass is 15.1. The third kappa shape index (κ3) is 5.93. The van der Waals surface area contributed by atoms with Crippen molar-refractivity contribution in [2.45, 2.75) is 13.8 Å². The Morgan fingerprint density at radius 3 is 1.70 bits per heavy atom. The first-order chi connectivity index (χ1) is 26.0. The maximum Gasteiger partial charge on any atom is 0.166 e. The Balaban J connectivity index is 1.34. The summed E-state index contributed by atoms with van der Waals surface area (Å²) in [6.07, 6.45) is 0. The van der Waals surface area contributed by atoms with Crippen molar-refractivity contribution in [2.24, 2.45) is 0 Å². The van der Waals surface area contributed by atoms with E-state index >= 15 is 0 Å². The Hall–Kier alpha value is -7.16. The van der Waals surface area contributed by atoms with E-state index in [4.69, 9.17) is 15.0 Å². The lowest BCUT2D eigenvalue weighted by Gasteiger charge is -2.16. The van der Waals surface area contributed by atoms with Gasteiger partial charge in [-0.15, -0.1) is 0 Å². The zero-order valence-corrected chi connectivity index (χ0v) is 29.3. The van der Waals surface area contributed by atoms with Crippen molar-refractivity contribution < 1.29 is 0 Å². The highest BCUT2D eigenvalue weighted by Crippen LogP contribution is 2.40. The predicted octanol–water partition coefficient (Wildman–Crippen LogP) is 11.8. The number of fused-ring (bicyclic) bond motifs is 3. The van der Waals surface area contributed by atoms with Crippen molar-refractivity contribution in [1.29, 1.82) is 5.26 Å². The van der Waals surface area contributed by atoms with Crippen LogP contribution in [0.4, 0.5) is 0 Å². The van der Waals surface area contributed by atoms with Gasteiger partial charge in [0.05, 0.1) is 28.4 Å². The summed E-state index contributed by atoms with van der Waals surface area (Å²) >= 11 is 0. The van der Waals surface area contributed by atoms with Gasteiger partial charge in [0.1, 0.15) is 0 Å². The molecule has 0 fully saturated rings. The van der Waals surface area contributed by atoms with Gasteiger partial charge < -0.3 is 4.57 Å². The first-order valence-corrected chi connectivity index (χ1v) is 17.7. The van der Waals surface area contributed by atoms with Gasteiger partial charge >= 0.3 is 0 Å². The number of para-hydroxylation sites is 1. The summed E-state index contributed by atoms with van der Waals surface area (Å²) in [7, 11) is 0. The highest BCUT2D eigenvalue weighted by molar-refractivity contribution is 6.11. The summed E-state index contributed by atoms with van der Waals surface area (Å²) in [4.78, 5) is 15.3. The van der Waals surface area contributed by atoms with Crippen LogP contribution in [0.5, 0.6) is 0 Å². The van der Waals surface area contributed by atoms with Crippen molar-refractivity contribution >= 4 is 21.8 Å². The van der Waals surface area contributed by atoms with Crippen molar-refractivity contribution in [3.8, 4) is 68.2 Å². The number of nitrogens with zero attached hydrogens (tertiary/aromatic N) is 5. The molecule has 0 aliphatic carbocycles. The Bertz CT molecular complexity index is 2790. The molecule has 53 heavy (non-hydrogen) atoms. The third-order valence-corrected chi connectivity index (χ3v) is 9.73. The SMILES string of the molecule is Cc1cc(C)cc(-c2ccc3c(c2)c2ccccc2n3-c2cc(-c3cccc(C#N)c3)ccc2-c2nc(-c3ccccc3)nc(-c3ccccc3)n2)c1. The molecule has 0 bridgehead atoms. The maximum atomic E-state index is 9.74. The largest absolute Gasteiger partial charge is 0.308 e. The molecule has 5 heteroatoms. The number of aromatic nitrogens is 4. The molecule has 0 radical (unpaired) electrons. The second-order valence-corrected chi connectivity index (χ2v) is 13.4. The molecule has 0 amide bonds. The van der Waals surface area contributed by atoms with Gasteiger partial charge in [-0.3, -0.25) is 0 Å². The van der Waals surface area contributed by atoms with E-state index < -0.39 is 0 Å². The molecule has 0 saturated carbocycles. The molecule has 9 aromatic rings. The molecule has 7 aromatic carbocycles. The van der Waals surface area contributed by atoms with E-state index in [1.165, 1.54) is 22.3 Å². The lowest BCUT2D eigenvalue weighted by Crippen LogP contribution is -2.04. The molecule has 2 heterocycles. The first-order valence-electron chi connectivity index (χ1n) is 17.7. The summed E-state index contributed by atoms with van der Waals surface area (Å²) in [5.74, 6) is 1.78. The second-order valence-electron chi connectivity index (χ2n) is 13.4. The number of hydrogen-bond acceptors (Lipinski definition) is 4. The molecule has 0 unspecified atom stereocenters. The number of hydrogen-bond donors (Lipinski definition) is 0.